The minimum atomic E-state index is -1.57. The molecule has 0 bridgehead atoms. The highest BCUT2D eigenvalue weighted by Crippen LogP contribution is 2.36. The summed E-state index contributed by atoms with van der Waals surface area (Å²) in [7, 11) is 0. The van der Waals surface area contributed by atoms with Crippen LogP contribution in [0.15, 0.2) is 39.9 Å². The fourth-order valence-electron chi connectivity index (χ4n) is 7.46. The van der Waals surface area contributed by atoms with Gasteiger partial charge in [0, 0.05) is 18.7 Å². The Bertz CT molecular complexity index is 1330. The summed E-state index contributed by atoms with van der Waals surface area (Å²) in [4.78, 5) is 4.38. The van der Waals surface area contributed by atoms with E-state index in [4.69, 9.17) is 39.9 Å². The normalized spacial score (nSPS) is 42.7. The molecule has 1 saturated carbocycles. The van der Waals surface area contributed by atoms with E-state index >= 15 is 0 Å². The maximum Gasteiger partial charge on any atom is 0.187 e. The van der Waals surface area contributed by atoms with Crippen LogP contribution in [0.4, 0.5) is 0 Å². The zero-order valence-electron chi connectivity index (χ0n) is 33.2. The number of hydrogen-bond donors (Lipinski definition) is 10. The van der Waals surface area contributed by atoms with Crippen LogP contribution in [0.5, 0.6) is 0 Å². The number of rotatable bonds is 17. The zero-order valence-corrected chi connectivity index (χ0v) is 33.2. The molecule has 18 atom stereocenters. The van der Waals surface area contributed by atoms with Crippen molar-refractivity contribution >= 4 is 6.21 Å². The molecule has 17 nitrogen and oxygen atoms in total. The van der Waals surface area contributed by atoms with Gasteiger partial charge in [0.1, 0.15) is 61.0 Å². The number of nitrogens with two attached hydrogens (primary N) is 2. The van der Waals surface area contributed by atoms with E-state index in [1.54, 1.807) is 13.1 Å². The molecular formula is C39H67N3O14. The topological polar surface area (TPSA) is 282 Å². The minimum absolute atomic E-state index is 0.0318. The van der Waals surface area contributed by atoms with Crippen molar-refractivity contribution in [3.05, 3.63) is 34.9 Å². The molecule has 322 valence electrons. The molecule has 4 fully saturated rings. The van der Waals surface area contributed by atoms with E-state index in [0.717, 1.165) is 31.3 Å². The van der Waals surface area contributed by atoms with E-state index in [-0.39, 0.29) is 18.9 Å². The number of aliphatic hydroxyl groups excluding tert-OH is 8. The lowest BCUT2D eigenvalue weighted by molar-refractivity contribution is -0.307. The number of aliphatic hydroxyl groups is 8. The van der Waals surface area contributed by atoms with Gasteiger partial charge in [-0.2, -0.15) is 0 Å². The zero-order chi connectivity index (χ0) is 41.3. The summed E-state index contributed by atoms with van der Waals surface area (Å²) in [5, 5.41) is 84.5. The maximum atomic E-state index is 11.4. The summed E-state index contributed by atoms with van der Waals surface area (Å²) in [5.74, 6) is -0.367. The number of hydrogen-bond acceptors (Lipinski definition) is 17. The Morgan fingerprint density at radius 1 is 0.679 bits per heavy atom. The lowest BCUT2D eigenvalue weighted by Crippen LogP contribution is -2.63. The summed E-state index contributed by atoms with van der Waals surface area (Å²) >= 11 is 0. The number of allylic oxidation sites excluding steroid dienone is 6. The van der Waals surface area contributed by atoms with Gasteiger partial charge in [0.2, 0.25) is 0 Å². The van der Waals surface area contributed by atoms with Gasteiger partial charge in [0.15, 0.2) is 18.9 Å². The second-order valence-corrected chi connectivity index (χ2v) is 16.0. The Labute approximate surface area is 329 Å². The van der Waals surface area contributed by atoms with Crippen molar-refractivity contribution in [2.24, 2.45) is 22.4 Å². The van der Waals surface area contributed by atoms with Crippen LogP contribution in [0.2, 0.25) is 0 Å². The van der Waals surface area contributed by atoms with Crippen molar-refractivity contribution in [2.75, 3.05) is 19.8 Å². The summed E-state index contributed by atoms with van der Waals surface area (Å²) in [6, 6.07) is -1.95. The molecule has 0 aromatic rings. The Morgan fingerprint density at radius 2 is 1.32 bits per heavy atom. The molecule has 0 radical (unpaired) electrons. The minimum Gasteiger partial charge on any atom is -0.394 e. The van der Waals surface area contributed by atoms with Crippen LogP contribution in [-0.4, -0.2) is 171 Å². The third-order valence-electron chi connectivity index (χ3n) is 11.0. The van der Waals surface area contributed by atoms with Crippen LogP contribution >= 0.6 is 0 Å². The Kier molecular flexibility index (Phi) is 18.5. The van der Waals surface area contributed by atoms with Crippen LogP contribution in [-0.2, 0) is 28.4 Å². The highest BCUT2D eigenvalue weighted by Gasteiger charge is 2.53. The molecule has 18 unspecified atom stereocenters. The molecule has 3 heterocycles. The van der Waals surface area contributed by atoms with Crippen molar-refractivity contribution in [2.45, 2.75) is 177 Å². The van der Waals surface area contributed by atoms with Crippen molar-refractivity contribution in [1.82, 2.24) is 0 Å². The first kappa shape index (κ1) is 46.9. The van der Waals surface area contributed by atoms with Crippen LogP contribution in [0.3, 0.4) is 0 Å². The molecule has 17 heteroatoms. The predicted octanol–water partition coefficient (Wildman–Crippen LogP) is -0.959. The summed E-state index contributed by atoms with van der Waals surface area (Å²) in [6.07, 6.45) is -7.00. The largest absolute Gasteiger partial charge is 0.394 e. The lowest BCUT2D eigenvalue weighted by Gasteiger charge is -2.46. The summed E-state index contributed by atoms with van der Waals surface area (Å²) < 4.78 is 35.7. The van der Waals surface area contributed by atoms with Crippen LogP contribution in [0.1, 0.15) is 73.1 Å². The summed E-state index contributed by atoms with van der Waals surface area (Å²) in [5.41, 5.74) is 16.4. The Hall–Kier alpha value is -1.75. The number of nitrogens with zero attached hydrogens (tertiary/aromatic N) is 1. The van der Waals surface area contributed by atoms with Gasteiger partial charge in [-0.3, -0.25) is 4.99 Å². The van der Waals surface area contributed by atoms with E-state index in [9.17, 15) is 40.9 Å². The van der Waals surface area contributed by atoms with Gasteiger partial charge in [0.05, 0.1) is 38.0 Å². The van der Waals surface area contributed by atoms with Crippen molar-refractivity contribution in [3.63, 3.8) is 0 Å². The number of aliphatic imine (C=N–C) groups is 1. The second kappa shape index (κ2) is 22.0. The first-order valence-electron chi connectivity index (χ1n) is 19.7. The van der Waals surface area contributed by atoms with E-state index in [0.29, 0.717) is 6.42 Å². The van der Waals surface area contributed by atoms with Gasteiger partial charge < -0.3 is 80.7 Å². The molecule has 4 rings (SSSR count). The predicted molar refractivity (Wildman–Crippen MR) is 204 cm³/mol. The van der Waals surface area contributed by atoms with E-state index in [1.165, 1.54) is 11.1 Å². The van der Waals surface area contributed by atoms with E-state index < -0.39 is 117 Å². The summed E-state index contributed by atoms with van der Waals surface area (Å²) in [6.45, 7) is 8.86. The monoisotopic (exact) mass is 801 g/mol. The van der Waals surface area contributed by atoms with Crippen molar-refractivity contribution < 1.29 is 69.3 Å². The van der Waals surface area contributed by atoms with Gasteiger partial charge in [-0.1, -0.05) is 35.8 Å². The Morgan fingerprint density at radius 3 is 2.00 bits per heavy atom. The third-order valence-corrected chi connectivity index (χ3v) is 11.0. The lowest BCUT2D eigenvalue weighted by atomic mass is 9.80. The highest BCUT2D eigenvalue weighted by atomic mass is 16.8. The molecular weight excluding hydrogens is 734 g/mol. The van der Waals surface area contributed by atoms with Gasteiger partial charge in [-0.25, -0.2) is 0 Å². The molecule has 0 spiro atoms. The second-order valence-electron chi connectivity index (χ2n) is 16.0. The van der Waals surface area contributed by atoms with E-state index in [2.05, 4.69) is 37.9 Å². The molecule has 0 aromatic carbocycles. The average Bonchev–Trinajstić information content (AvgIpc) is 3.45. The SMILES string of the molecule is CC(C)=CCC/C(C)=C/CC/C(C)=C/C=NCC1OC(OC2C(CO)OC(OC3C(O)C(C)CC(N)C3OC3CC(O)C(O)C(CO)O3)C2O)C(N)C(O)C1O. The van der Waals surface area contributed by atoms with Crippen LogP contribution in [0, 0.1) is 5.92 Å². The first-order valence-corrected chi connectivity index (χ1v) is 19.7. The molecule has 3 saturated heterocycles. The fourth-order valence-corrected chi connectivity index (χ4v) is 7.46. The van der Waals surface area contributed by atoms with Gasteiger partial charge in [-0.05, 0) is 71.8 Å². The van der Waals surface area contributed by atoms with Crippen LogP contribution in [0.25, 0.3) is 0 Å². The third kappa shape index (κ3) is 12.4. The molecule has 1 aliphatic carbocycles. The molecule has 4 aliphatic rings. The molecule has 56 heavy (non-hydrogen) atoms. The van der Waals surface area contributed by atoms with Crippen LogP contribution < -0.4 is 11.5 Å². The highest BCUT2D eigenvalue weighted by molar-refractivity contribution is 5.72. The first-order chi connectivity index (χ1) is 26.6. The fraction of sp³-hybridized carbons (Fsp3) is 0.821. The maximum absolute atomic E-state index is 11.4. The standard InChI is InChI=1S/C39H67N3O14/c1-19(2)8-6-9-20(3)10-7-11-21(4)12-13-42-16-25-32(48)33(49)29(41)38(52-25)55-36-27(18-44)53-39(34(36)50)56-37-30(46)22(5)14-23(40)35(37)54-28-15-24(45)31(47)26(17-43)51-28/h8,10,12-13,22-39,43-50H,6-7,9,11,14-18,40-41H2,1-5H3/b20-10+,21-12+,42-13?. The average molecular weight is 802 g/mol. The van der Waals surface area contributed by atoms with Gasteiger partial charge >= 0.3 is 0 Å². The van der Waals surface area contributed by atoms with Crippen molar-refractivity contribution in [1.29, 1.82) is 0 Å². The molecule has 3 aliphatic heterocycles. The molecule has 0 amide bonds. The smallest absolute Gasteiger partial charge is 0.187 e. The van der Waals surface area contributed by atoms with Gasteiger partial charge in [0.25, 0.3) is 0 Å². The molecule has 12 N–H and O–H groups in total. The Balaban J connectivity index is 1.37. The van der Waals surface area contributed by atoms with E-state index in [1.807, 2.05) is 13.0 Å². The van der Waals surface area contributed by atoms with Gasteiger partial charge in [-0.15, -0.1) is 0 Å². The quantitative estimate of drug-likeness (QED) is 0.0627. The van der Waals surface area contributed by atoms with Crippen molar-refractivity contribution in [3.8, 4) is 0 Å². The number of ether oxygens (including phenoxy) is 6. The molecule has 0 aromatic heterocycles.